The van der Waals surface area contributed by atoms with E-state index in [0.29, 0.717) is 11.4 Å². The van der Waals surface area contributed by atoms with E-state index < -0.39 is 0 Å². The molecule has 0 fully saturated rings. The number of rotatable bonds is 2. The summed E-state index contributed by atoms with van der Waals surface area (Å²) in [4.78, 5) is 0. The summed E-state index contributed by atoms with van der Waals surface area (Å²) < 4.78 is 0. The molecule has 2 nitrogen and oxygen atoms in total. The second-order valence-electron chi connectivity index (χ2n) is 6.56. The van der Waals surface area contributed by atoms with Crippen molar-refractivity contribution >= 4 is 11.4 Å². The molecule has 0 aromatic heterocycles. The highest BCUT2D eigenvalue weighted by Crippen LogP contribution is 2.39. The molecule has 3 aromatic carbocycles. The number of nitrogens with two attached hydrogens (primary N) is 2. The van der Waals surface area contributed by atoms with Crippen LogP contribution in [-0.4, -0.2) is 0 Å². The molecule has 0 spiro atoms. The maximum Gasteiger partial charge on any atom is 0.0628 e. The highest BCUT2D eigenvalue weighted by atomic mass is 14.7. The Labute approximate surface area is 144 Å². The summed E-state index contributed by atoms with van der Waals surface area (Å²) in [6, 6.07) is 16.8. The van der Waals surface area contributed by atoms with E-state index in [1.165, 1.54) is 33.4 Å². The first kappa shape index (κ1) is 16.1. The fourth-order valence-electron chi connectivity index (χ4n) is 3.54. The smallest absolute Gasteiger partial charge is 0.0628 e. The Morgan fingerprint density at radius 3 is 1.58 bits per heavy atom. The van der Waals surface area contributed by atoms with Crippen molar-refractivity contribution in [3.8, 4) is 22.3 Å². The van der Waals surface area contributed by atoms with Crippen LogP contribution in [0, 0.1) is 27.7 Å². The van der Waals surface area contributed by atoms with E-state index in [2.05, 4.69) is 70.2 Å². The normalized spacial score (nSPS) is 10.8. The van der Waals surface area contributed by atoms with Gasteiger partial charge in [-0.3, -0.25) is 0 Å². The molecule has 0 atom stereocenters. The van der Waals surface area contributed by atoms with Gasteiger partial charge in [-0.2, -0.15) is 0 Å². The van der Waals surface area contributed by atoms with Crippen molar-refractivity contribution in [1.82, 2.24) is 0 Å². The minimum atomic E-state index is 0.632. The van der Waals surface area contributed by atoms with Crippen LogP contribution in [0.1, 0.15) is 22.3 Å². The average Bonchev–Trinajstić information content (AvgIpc) is 2.51. The molecule has 0 unspecified atom stereocenters. The lowest BCUT2D eigenvalue weighted by Gasteiger charge is -2.18. The summed E-state index contributed by atoms with van der Waals surface area (Å²) in [5.41, 5.74) is 23.4. The van der Waals surface area contributed by atoms with Gasteiger partial charge in [-0.1, -0.05) is 36.4 Å². The first-order chi connectivity index (χ1) is 11.4. The van der Waals surface area contributed by atoms with E-state index in [1.54, 1.807) is 0 Å². The third-order valence-electron chi connectivity index (χ3n) is 4.73. The molecule has 0 saturated carbocycles. The van der Waals surface area contributed by atoms with E-state index in [0.717, 1.165) is 11.1 Å². The summed E-state index contributed by atoms with van der Waals surface area (Å²) in [5, 5.41) is 0. The van der Waals surface area contributed by atoms with Crippen LogP contribution >= 0.6 is 0 Å². The molecule has 24 heavy (non-hydrogen) atoms. The maximum atomic E-state index is 6.35. The molecule has 0 aliphatic carbocycles. The highest BCUT2D eigenvalue weighted by Gasteiger charge is 2.15. The predicted octanol–water partition coefficient (Wildman–Crippen LogP) is 5.42. The van der Waals surface area contributed by atoms with Crippen molar-refractivity contribution in [2.24, 2.45) is 0 Å². The molecule has 3 aromatic rings. The zero-order chi connectivity index (χ0) is 17.4. The molecule has 3 rings (SSSR count). The lowest BCUT2D eigenvalue weighted by molar-refractivity contribution is 1.36. The molecular weight excluding hydrogens is 292 g/mol. The van der Waals surface area contributed by atoms with Gasteiger partial charge in [-0.05, 0) is 78.8 Å². The van der Waals surface area contributed by atoms with Crippen LogP contribution in [0.4, 0.5) is 11.4 Å². The molecule has 0 aliphatic heterocycles. The Bertz CT molecular complexity index is 883. The molecule has 0 bridgehead atoms. The highest BCUT2D eigenvalue weighted by molar-refractivity contribution is 5.92. The average molecular weight is 316 g/mol. The minimum Gasteiger partial charge on any atom is -0.397 e. The quantitative estimate of drug-likeness (QED) is 0.620. The number of aryl methyl sites for hydroxylation is 4. The molecule has 2 heteroatoms. The van der Waals surface area contributed by atoms with E-state index in [-0.39, 0.29) is 0 Å². The third-order valence-corrected chi connectivity index (χ3v) is 4.73. The first-order valence-electron chi connectivity index (χ1n) is 8.22. The number of hydrogen-bond donors (Lipinski definition) is 2. The fraction of sp³-hybridized carbons (Fsp3) is 0.182. The third kappa shape index (κ3) is 2.65. The standard InChI is InChI=1S/C22H24N2/c1-13-7-5-8-14(2)20(13)17-11-18(22(24)19(23)12-17)21-15(3)9-6-10-16(21)4/h5-12H,23-24H2,1-4H3. The van der Waals surface area contributed by atoms with E-state index in [9.17, 15) is 0 Å². The van der Waals surface area contributed by atoms with Crippen LogP contribution in [0.25, 0.3) is 22.3 Å². The monoisotopic (exact) mass is 316 g/mol. The predicted molar refractivity (Wildman–Crippen MR) is 105 cm³/mol. The largest absolute Gasteiger partial charge is 0.397 e. The van der Waals surface area contributed by atoms with Gasteiger partial charge in [0, 0.05) is 5.56 Å². The van der Waals surface area contributed by atoms with Gasteiger partial charge in [0.15, 0.2) is 0 Å². The second-order valence-corrected chi connectivity index (χ2v) is 6.56. The van der Waals surface area contributed by atoms with Crippen molar-refractivity contribution < 1.29 is 0 Å². The van der Waals surface area contributed by atoms with E-state index in [4.69, 9.17) is 11.5 Å². The van der Waals surface area contributed by atoms with Gasteiger partial charge < -0.3 is 11.5 Å². The van der Waals surface area contributed by atoms with Crippen LogP contribution in [0.2, 0.25) is 0 Å². The topological polar surface area (TPSA) is 52.0 Å². The van der Waals surface area contributed by atoms with Gasteiger partial charge in [-0.25, -0.2) is 0 Å². The molecular formula is C22H24N2. The Kier molecular flexibility index (Phi) is 4.06. The fourth-order valence-corrected chi connectivity index (χ4v) is 3.54. The molecule has 0 aliphatic rings. The first-order valence-corrected chi connectivity index (χ1v) is 8.22. The number of hydrogen-bond acceptors (Lipinski definition) is 2. The van der Waals surface area contributed by atoms with Gasteiger partial charge in [0.2, 0.25) is 0 Å². The van der Waals surface area contributed by atoms with Crippen molar-refractivity contribution in [2.75, 3.05) is 11.5 Å². The van der Waals surface area contributed by atoms with Gasteiger partial charge in [0.1, 0.15) is 0 Å². The van der Waals surface area contributed by atoms with Gasteiger partial charge >= 0.3 is 0 Å². The van der Waals surface area contributed by atoms with Gasteiger partial charge in [-0.15, -0.1) is 0 Å². The van der Waals surface area contributed by atoms with Gasteiger partial charge in [0.25, 0.3) is 0 Å². The Hall–Kier alpha value is -2.74. The van der Waals surface area contributed by atoms with Crippen molar-refractivity contribution in [3.05, 3.63) is 70.8 Å². The van der Waals surface area contributed by atoms with Crippen LogP contribution < -0.4 is 11.5 Å². The number of anilines is 2. The van der Waals surface area contributed by atoms with Crippen molar-refractivity contribution in [2.45, 2.75) is 27.7 Å². The SMILES string of the molecule is Cc1cccc(C)c1-c1cc(N)c(N)c(-c2c(C)cccc2C)c1. The molecule has 0 saturated heterocycles. The maximum absolute atomic E-state index is 6.35. The van der Waals surface area contributed by atoms with Crippen molar-refractivity contribution in [3.63, 3.8) is 0 Å². The van der Waals surface area contributed by atoms with Crippen LogP contribution in [0.3, 0.4) is 0 Å². The molecule has 4 N–H and O–H groups in total. The summed E-state index contributed by atoms with van der Waals surface area (Å²) >= 11 is 0. The Morgan fingerprint density at radius 1 is 0.625 bits per heavy atom. The molecule has 0 amide bonds. The summed E-state index contributed by atoms with van der Waals surface area (Å²) in [5.74, 6) is 0. The lowest BCUT2D eigenvalue weighted by Crippen LogP contribution is -2.01. The van der Waals surface area contributed by atoms with E-state index in [1.807, 2.05) is 6.07 Å². The van der Waals surface area contributed by atoms with E-state index >= 15 is 0 Å². The molecule has 0 radical (unpaired) electrons. The lowest BCUT2D eigenvalue weighted by atomic mass is 9.89. The molecule has 122 valence electrons. The Balaban J connectivity index is 2.33. The van der Waals surface area contributed by atoms with Crippen LogP contribution in [0.5, 0.6) is 0 Å². The summed E-state index contributed by atoms with van der Waals surface area (Å²) in [6.07, 6.45) is 0. The second kappa shape index (κ2) is 6.04. The zero-order valence-corrected chi connectivity index (χ0v) is 14.8. The van der Waals surface area contributed by atoms with Crippen molar-refractivity contribution in [1.29, 1.82) is 0 Å². The number of benzene rings is 3. The minimum absolute atomic E-state index is 0.632. The van der Waals surface area contributed by atoms with Crippen LogP contribution in [0.15, 0.2) is 48.5 Å². The number of nitrogen functional groups attached to an aromatic ring is 2. The summed E-state index contributed by atoms with van der Waals surface area (Å²) in [7, 11) is 0. The van der Waals surface area contributed by atoms with Crippen LogP contribution in [-0.2, 0) is 0 Å². The zero-order valence-electron chi connectivity index (χ0n) is 14.8. The molecule has 0 heterocycles. The van der Waals surface area contributed by atoms with Gasteiger partial charge in [0.05, 0.1) is 11.4 Å². The Morgan fingerprint density at radius 2 is 1.08 bits per heavy atom. The summed E-state index contributed by atoms with van der Waals surface area (Å²) in [6.45, 7) is 8.49.